The van der Waals surface area contributed by atoms with Crippen LogP contribution in [0.1, 0.15) is 13.3 Å². The van der Waals surface area contributed by atoms with Crippen LogP contribution in [0.3, 0.4) is 0 Å². The van der Waals surface area contributed by atoms with E-state index < -0.39 is 0 Å². The van der Waals surface area contributed by atoms with E-state index in [-0.39, 0.29) is 18.4 Å². The first-order valence-electron chi connectivity index (χ1n) is 6.43. The molecule has 0 radical (unpaired) electrons. The van der Waals surface area contributed by atoms with Crippen LogP contribution in [-0.4, -0.2) is 26.8 Å². The standard InChI is InChI=1S/C13H13Cl2N5O2/c1-2-12(21)17-11-6-20(19-18-11)7-13(22)16-10-4-3-8(14)5-9(10)15/h3-6H,2,7H2,1H3,(H,16,22)(H,17,21). The van der Waals surface area contributed by atoms with Crippen molar-refractivity contribution in [3.63, 3.8) is 0 Å². The van der Waals surface area contributed by atoms with Gasteiger partial charge in [-0.25, -0.2) is 4.68 Å². The summed E-state index contributed by atoms with van der Waals surface area (Å²) in [5.74, 6) is -0.212. The summed E-state index contributed by atoms with van der Waals surface area (Å²) in [6, 6.07) is 4.76. The van der Waals surface area contributed by atoms with Gasteiger partial charge in [0.15, 0.2) is 5.82 Å². The van der Waals surface area contributed by atoms with Gasteiger partial charge in [-0.1, -0.05) is 35.3 Å². The van der Waals surface area contributed by atoms with Crippen LogP contribution in [0.4, 0.5) is 11.5 Å². The van der Waals surface area contributed by atoms with Crippen molar-refractivity contribution in [2.24, 2.45) is 0 Å². The molecule has 0 spiro atoms. The summed E-state index contributed by atoms with van der Waals surface area (Å²) < 4.78 is 1.31. The first-order valence-corrected chi connectivity index (χ1v) is 7.18. The van der Waals surface area contributed by atoms with Crippen LogP contribution in [-0.2, 0) is 16.1 Å². The van der Waals surface area contributed by atoms with Gasteiger partial charge in [0.1, 0.15) is 6.54 Å². The van der Waals surface area contributed by atoms with E-state index in [4.69, 9.17) is 23.2 Å². The Morgan fingerprint density at radius 2 is 2.00 bits per heavy atom. The van der Waals surface area contributed by atoms with E-state index in [1.165, 1.54) is 16.9 Å². The Bertz CT molecular complexity index is 701. The molecule has 7 nitrogen and oxygen atoms in total. The zero-order valence-electron chi connectivity index (χ0n) is 11.6. The average molecular weight is 342 g/mol. The summed E-state index contributed by atoms with van der Waals surface area (Å²) in [4.78, 5) is 23.2. The summed E-state index contributed by atoms with van der Waals surface area (Å²) >= 11 is 11.8. The summed E-state index contributed by atoms with van der Waals surface area (Å²) in [5.41, 5.74) is 0.454. The number of carbonyl (C=O) groups excluding carboxylic acids is 2. The minimum Gasteiger partial charge on any atom is -0.323 e. The van der Waals surface area contributed by atoms with Crippen molar-refractivity contribution in [2.75, 3.05) is 10.6 Å². The number of nitrogens with zero attached hydrogens (tertiary/aromatic N) is 3. The number of hydrogen-bond acceptors (Lipinski definition) is 4. The SMILES string of the molecule is CCC(=O)Nc1cn(CC(=O)Nc2ccc(Cl)cc2Cl)nn1. The zero-order chi connectivity index (χ0) is 16.1. The third-order valence-electron chi connectivity index (χ3n) is 2.64. The summed E-state index contributed by atoms with van der Waals surface area (Å²) in [6.45, 7) is 1.66. The Kier molecular flexibility index (Phi) is 5.35. The number of nitrogens with one attached hydrogen (secondary N) is 2. The molecule has 0 saturated heterocycles. The van der Waals surface area contributed by atoms with Crippen molar-refractivity contribution < 1.29 is 9.59 Å². The lowest BCUT2D eigenvalue weighted by atomic mass is 10.3. The minimum atomic E-state index is -0.331. The minimum absolute atomic E-state index is 0.0616. The van der Waals surface area contributed by atoms with Gasteiger partial charge >= 0.3 is 0 Å². The molecule has 116 valence electrons. The second-order valence-electron chi connectivity index (χ2n) is 4.38. The summed E-state index contributed by atoms with van der Waals surface area (Å²) in [5, 5.41) is 13.5. The maximum Gasteiger partial charge on any atom is 0.246 e. The molecule has 0 unspecified atom stereocenters. The predicted molar refractivity (Wildman–Crippen MR) is 84.0 cm³/mol. The molecule has 0 saturated carbocycles. The molecule has 0 aliphatic carbocycles. The molecule has 1 aromatic carbocycles. The fourth-order valence-corrected chi connectivity index (χ4v) is 2.05. The average Bonchev–Trinajstić information content (AvgIpc) is 2.88. The topological polar surface area (TPSA) is 88.9 Å². The fraction of sp³-hybridized carbons (Fsp3) is 0.231. The van der Waals surface area contributed by atoms with Crippen LogP contribution in [0.15, 0.2) is 24.4 Å². The van der Waals surface area contributed by atoms with Crippen LogP contribution in [0, 0.1) is 0 Å². The highest BCUT2D eigenvalue weighted by atomic mass is 35.5. The number of aromatic nitrogens is 3. The molecule has 2 rings (SSSR count). The van der Waals surface area contributed by atoms with Crippen LogP contribution in [0.25, 0.3) is 0 Å². The number of benzene rings is 1. The smallest absolute Gasteiger partial charge is 0.246 e. The van der Waals surface area contributed by atoms with Gasteiger partial charge in [-0.3, -0.25) is 9.59 Å². The van der Waals surface area contributed by atoms with Gasteiger partial charge in [-0.15, -0.1) is 5.10 Å². The van der Waals surface area contributed by atoms with Crippen molar-refractivity contribution >= 4 is 46.5 Å². The van der Waals surface area contributed by atoms with Gasteiger partial charge < -0.3 is 10.6 Å². The second-order valence-corrected chi connectivity index (χ2v) is 5.22. The molecular weight excluding hydrogens is 329 g/mol. The highest BCUT2D eigenvalue weighted by molar-refractivity contribution is 6.36. The van der Waals surface area contributed by atoms with Crippen molar-refractivity contribution in [3.05, 3.63) is 34.4 Å². The number of amides is 2. The van der Waals surface area contributed by atoms with Crippen LogP contribution in [0.5, 0.6) is 0 Å². The molecule has 0 aliphatic rings. The third-order valence-corrected chi connectivity index (χ3v) is 3.19. The molecule has 22 heavy (non-hydrogen) atoms. The van der Waals surface area contributed by atoms with E-state index in [1.807, 2.05) is 0 Å². The maximum absolute atomic E-state index is 11.9. The number of hydrogen-bond donors (Lipinski definition) is 2. The normalized spacial score (nSPS) is 10.3. The Balaban J connectivity index is 1.96. The highest BCUT2D eigenvalue weighted by Gasteiger charge is 2.10. The Labute approximate surface area is 136 Å². The first kappa shape index (κ1) is 16.3. The Morgan fingerprint density at radius 3 is 2.68 bits per heavy atom. The second kappa shape index (κ2) is 7.24. The number of carbonyl (C=O) groups is 2. The molecule has 0 fully saturated rings. The van der Waals surface area contributed by atoms with Crippen molar-refractivity contribution in [3.8, 4) is 0 Å². The van der Waals surface area contributed by atoms with Gasteiger partial charge in [0.2, 0.25) is 11.8 Å². The van der Waals surface area contributed by atoms with Gasteiger partial charge in [0.25, 0.3) is 0 Å². The Hall–Kier alpha value is -2.12. The summed E-state index contributed by atoms with van der Waals surface area (Å²) in [6.07, 6.45) is 1.80. The van der Waals surface area contributed by atoms with Crippen molar-refractivity contribution in [1.82, 2.24) is 15.0 Å². The van der Waals surface area contributed by atoms with Crippen LogP contribution in [0.2, 0.25) is 10.0 Å². The third kappa shape index (κ3) is 4.44. The van der Waals surface area contributed by atoms with Gasteiger partial charge in [0, 0.05) is 11.4 Å². The molecule has 2 N–H and O–H groups in total. The van der Waals surface area contributed by atoms with E-state index in [2.05, 4.69) is 20.9 Å². The Morgan fingerprint density at radius 1 is 1.23 bits per heavy atom. The zero-order valence-corrected chi connectivity index (χ0v) is 13.1. The van der Waals surface area contributed by atoms with E-state index in [0.717, 1.165) is 0 Å². The van der Waals surface area contributed by atoms with E-state index >= 15 is 0 Å². The van der Waals surface area contributed by atoms with Crippen molar-refractivity contribution in [1.29, 1.82) is 0 Å². The lowest BCUT2D eigenvalue weighted by Gasteiger charge is -2.07. The predicted octanol–water partition coefficient (Wildman–Crippen LogP) is 2.57. The van der Waals surface area contributed by atoms with Gasteiger partial charge in [-0.05, 0) is 18.2 Å². The largest absolute Gasteiger partial charge is 0.323 e. The number of anilines is 2. The van der Waals surface area contributed by atoms with E-state index in [0.29, 0.717) is 28.0 Å². The lowest BCUT2D eigenvalue weighted by molar-refractivity contribution is -0.117. The van der Waals surface area contributed by atoms with Crippen molar-refractivity contribution in [2.45, 2.75) is 19.9 Å². The maximum atomic E-state index is 11.9. The van der Waals surface area contributed by atoms with Crippen LogP contribution >= 0.6 is 23.2 Å². The van der Waals surface area contributed by atoms with Gasteiger partial charge in [-0.2, -0.15) is 0 Å². The monoisotopic (exact) mass is 341 g/mol. The molecule has 1 aromatic heterocycles. The van der Waals surface area contributed by atoms with E-state index in [9.17, 15) is 9.59 Å². The fourth-order valence-electron chi connectivity index (χ4n) is 1.59. The van der Waals surface area contributed by atoms with Crippen LogP contribution < -0.4 is 10.6 Å². The molecule has 0 bridgehead atoms. The molecule has 2 amide bonds. The molecule has 9 heteroatoms. The number of halogens is 2. The number of rotatable bonds is 5. The molecular formula is C13H13Cl2N5O2. The first-order chi connectivity index (χ1) is 10.5. The molecule has 1 heterocycles. The lowest BCUT2D eigenvalue weighted by Crippen LogP contribution is -2.19. The summed E-state index contributed by atoms with van der Waals surface area (Å²) in [7, 11) is 0. The quantitative estimate of drug-likeness (QED) is 0.874. The van der Waals surface area contributed by atoms with E-state index in [1.54, 1.807) is 19.1 Å². The molecule has 2 aromatic rings. The molecule has 0 atom stereocenters. The molecule has 0 aliphatic heterocycles. The highest BCUT2D eigenvalue weighted by Crippen LogP contribution is 2.25. The van der Waals surface area contributed by atoms with Gasteiger partial charge in [0.05, 0.1) is 16.9 Å².